The van der Waals surface area contributed by atoms with E-state index in [1.165, 1.54) is 76.2 Å². The van der Waals surface area contributed by atoms with Crippen LogP contribution in [0.15, 0.2) is 36.4 Å². The molecule has 1 heteroatoms. The van der Waals surface area contributed by atoms with Crippen LogP contribution in [0.2, 0.25) is 0 Å². The van der Waals surface area contributed by atoms with E-state index in [0.717, 1.165) is 36.9 Å². The molecule has 1 aromatic rings. The Morgan fingerprint density at radius 2 is 1.50 bits per heavy atom. The highest BCUT2D eigenvalue weighted by molar-refractivity contribution is 5.25. The molecule has 0 saturated heterocycles. The molecule has 0 aliphatic heterocycles. The van der Waals surface area contributed by atoms with Crippen LogP contribution in [0.1, 0.15) is 102 Å². The summed E-state index contributed by atoms with van der Waals surface area (Å²) in [7, 11) is 0. The number of ether oxygens (including phenoxy) is 1. The molecular weight excluding hydrogens is 340 g/mol. The molecule has 0 N–H and O–H groups in total. The highest BCUT2D eigenvalue weighted by Crippen LogP contribution is 2.44. The number of hydrogen-bond acceptors (Lipinski definition) is 1. The van der Waals surface area contributed by atoms with Crippen molar-refractivity contribution in [1.29, 1.82) is 0 Å². The summed E-state index contributed by atoms with van der Waals surface area (Å²) in [4.78, 5) is 0. The first-order valence-corrected chi connectivity index (χ1v) is 12.1. The highest BCUT2D eigenvalue weighted by atomic mass is 16.5. The molecule has 28 heavy (non-hydrogen) atoms. The van der Waals surface area contributed by atoms with E-state index in [2.05, 4.69) is 50.3 Å². The van der Waals surface area contributed by atoms with Crippen molar-refractivity contribution in [3.63, 3.8) is 0 Å². The zero-order valence-electron chi connectivity index (χ0n) is 18.4. The third-order valence-corrected chi connectivity index (χ3v) is 7.33. The second-order valence-electron chi connectivity index (χ2n) is 9.31. The van der Waals surface area contributed by atoms with Crippen LogP contribution in [0.3, 0.4) is 0 Å². The maximum absolute atomic E-state index is 5.81. The van der Waals surface area contributed by atoms with Gasteiger partial charge in [-0.2, -0.15) is 0 Å². The van der Waals surface area contributed by atoms with Gasteiger partial charge in [-0.3, -0.25) is 0 Å². The van der Waals surface area contributed by atoms with Crippen molar-refractivity contribution >= 4 is 0 Å². The third-order valence-electron chi connectivity index (χ3n) is 7.33. The first-order valence-electron chi connectivity index (χ1n) is 12.1. The van der Waals surface area contributed by atoms with Gasteiger partial charge in [-0.15, -0.1) is 0 Å². The summed E-state index contributed by atoms with van der Waals surface area (Å²) < 4.78 is 5.81. The van der Waals surface area contributed by atoms with Crippen molar-refractivity contribution in [2.24, 2.45) is 17.8 Å². The van der Waals surface area contributed by atoms with Gasteiger partial charge in [0.2, 0.25) is 0 Å². The second-order valence-corrected chi connectivity index (χ2v) is 9.31. The fourth-order valence-corrected chi connectivity index (χ4v) is 5.54. The molecular formula is C27H42O. The van der Waals surface area contributed by atoms with Gasteiger partial charge in [0.1, 0.15) is 0 Å². The van der Waals surface area contributed by atoms with Gasteiger partial charge in [-0.05, 0) is 99.5 Å². The Morgan fingerprint density at radius 3 is 2.11 bits per heavy atom. The first-order chi connectivity index (χ1) is 13.8. The van der Waals surface area contributed by atoms with Crippen LogP contribution in [0.5, 0.6) is 0 Å². The monoisotopic (exact) mass is 382 g/mol. The molecule has 2 fully saturated rings. The van der Waals surface area contributed by atoms with Gasteiger partial charge < -0.3 is 4.74 Å². The summed E-state index contributed by atoms with van der Waals surface area (Å²) in [6, 6.07) is 9.34. The molecule has 0 spiro atoms. The van der Waals surface area contributed by atoms with E-state index in [9.17, 15) is 0 Å². The Kier molecular flexibility index (Phi) is 9.12. The Balaban J connectivity index is 1.39. The summed E-state index contributed by atoms with van der Waals surface area (Å²) in [6.07, 6.45) is 19.9. The van der Waals surface area contributed by atoms with Gasteiger partial charge in [0.25, 0.3) is 0 Å². The van der Waals surface area contributed by atoms with Crippen LogP contribution in [0.4, 0.5) is 0 Å². The lowest BCUT2D eigenvalue weighted by Gasteiger charge is -2.37. The molecule has 1 aromatic carbocycles. The van der Waals surface area contributed by atoms with E-state index in [1.54, 1.807) is 5.56 Å². The smallest absolute Gasteiger partial charge is 0.0716 e. The van der Waals surface area contributed by atoms with Crippen molar-refractivity contribution in [3.8, 4) is 0 Å². The van der Waals surface area contributed by atoms with Crippen molar-refractivity contribution in [3.05, 3.63) is 47.5 Å². The maximum atomic E-state index is 5.81. The number of unbranched alkanes of at least 4 members (excludes halogenated alkanes) is 2. The van der Waals surface area contributed by atoms with Gasteiger partial charge in [-0.1, -0.05) is 56.2 Å². The van der Waals surface area contributed by atoms with Crippen LogP contribution in [-0.4, -0.2) is 6.61 Å². The Bertz CT molecular complexity index is 556. The lowest BCUT2D eigenvalue weighted by atomic mass is 9.68. The summed E-state index contributed by atoms with van der Waals surface area (Å²) in [6.45, 7) is 6.07. The average molecular weight is 383 g/mol. The van der Waals surface area contributed by atoms with Crippen molar-refractivity contribution in [1.82, 2.24) is 0 Å². The lowest BCUT2D eigenvalue weighted by molar-refractivity contribution is 0.117. The summed E-state index contributed by atoms with van der Waals surface area (Å²) in [5, 5.41) is 0. The minimum Gasteiger partial charge on any atom is -0.377 e. The molecule has 0 unspecified atom stereocenters. The van der Waals surface area contributed by atoms with E-state index in [1.807, 2.05) is 0 Å². The summed E-state index contributed by atoms with van der Waals surface area (Å²) in [5.74, 6) is 3.66. The van der Waals surface area contributed by atoms with Crippen molar-refractivity contribution in [2.45, 2.75) is 97.0 Å². The summed E-state index contributed by atoms with van der Waals surface area (Å²) >= 11 is 0. The average Bonchev–Trinajstić information content (AvgIpc) is 2.75. The van der Waals surface area contributed by atoms with Crippen molar-refractivity contribution in [2.75, 3.05) is 6.61 Å². The number of allylic oxidation sites excluding steroid dienone is 2. The lowest BCUT2D eigenvalue weighted by Crippen LogP contribution is -2.25. The normalized spacial score (nSPS) is 28.6. The fourth-order valence-electron chi connectivity index (χ4n) is 5.54. The zero-order chi connectivity index (χ0) is 19.6. The van der Waals surface area contributed by atoms with E-state index in [4.69, 9.17) is 4.74 Å². The molecule has 0 atom stereocenters. The van der Waals surface area contributed by atoms with Gasteiger partial charge in [-0.25, -0.2) is 0 Å². The quantitative estimate of drug-likeness (QED) is 0.310. The molecule has 2 saturated carbocycles. The zero-order valence-corrected chi connectivity index (χ0v) is 18.4. The van der Waals surface area contributed by atoms with Crippen LogP contribution in [0, 0.1) is 17.8 Å². The molecule has 0 heterocycles. The predicted molar refractivity (Wildman–Crippen MR) is 121 cm³/mol. The molecule has 3 rings (SSSR count). The minimum absolute atomic E-state index is 0.770. The Labute approximate surface area is 174 Å². The molecule has 2 aliphatic carbocycles. The van der Waals surface area contributed by atoms with Gasteiger partial charge >= 0.3 is 0 Å². The maximum Gasteiger partial charge on any atom is 0.0716 e. The fraction of sp³-hybridized carbons (Fsp3) is 0.704. The molecule has 0 radical (unpaired) electrons. The molecule has 1 nitrogen and oxygen atoms in total. The molecule has 2 aliphatic rings. The van der Waals surface area contributed by atoms with Gasteiger partial charge in [0.15, 0.2) is 0 Å². The van der Waals surface area contributed by atoms with Gasteiger partial charge in [0, 0.05) is 6.61 Å². The molecule has 156 valence electrons. The van der Waals surface area contributed by atoms with E-state index >= 15 is 0 Å². The van der Waals surface area contributed by atoms with Crippen LogP contribution < -0.4 is 0 Å². The third kappa shape index (κ3) is 6.48. The van der Waals surface area contributed by atoms with E-state index in [-0.39, 0.29) is 0 Å². The Morgan fingerprint density at radius 1 is 0.857 bits per heavy atom. The number of hydrogen-bond donors (Lipinski definition) is 0. The van der Waals surface area contributed by atoms with Crippen LogP contribution >= 0.6 is 0 Å². The largest absolute Gasteiger partial charge is 0.377 e. The summed E-state index contributed by atoms with van der Waals surface area (Å²) in [5.41, 5.74) is 2.89. The molecule has 0 bridgehead atoms. The number of benzene rings is 1. The SMILES string of the molecule is CC=C[C@H]1CC[C@H]([C@H]2CC[C@H](c3ccc(COCCCCC)cc3)CC2)CC1. The topological polar surface area (TPSA) is 9.23 Å². The molecule has 0 amide bonds. The second kappa shape index (κ2) is 11.8. The standard InChI is InChI=1S/C27H42O/c1-3-5-6-20-28-21-23-10-14-25(15-11-23)27-18-16-26(17-19-27)24-12-8-22(7-4-2)9-13-24/h4,7,10-11,14-15,22,24,26-27H,3,5-6,8-9,12-13,16-21H2,1-2H3/t22-,24-,26-,27-. The minimum atomic E-state index is 0.770. The molecule has 0 aromatic heterocycles. The predicted octanol–water partition coefficient (Wildman–Crippen LogP) is 8.05. The van der Waals surface area contributed by atoms with Crippen LogP contribution in [-0.2, 0) is 11.3 Å². The van der Waals surface area contributed by atoms with Gasteiger partial charge in [0.05, 0.1) is 6.61 Å². The van der Waals surface area contributed by atoms with Crippen LogP contribution in [0.25, 0.3) is 0 Å². The number of rotatable bonds is 9. The first kappa shape index (κ1) is 21.6. The highest BCUT2D eigenvalue weighted by Gasteiger charge is 2.30. The Hall–Kier alpha value is -1.08. The van der Waals surface area contributed by atoms with Crippen molar-refractivity contribution < 1.29 is 4.74 Å². The van der Waals surface area contributed by atoms with E-state index in [0.29, 0.717) is 0 Å². The van der Waals surface area contributed by atoms with E-state index < -0.39 is 0 Å².